The third kappa shape index (κ3) is 3.13. The number of benzene rings is 1. The summed E-state index contributed by atoms with van der Waals surface area (Å²) in [5, 5.41) is 7.62. The molecule has 0 saturated heterocycles. The van der Waals surface area contributed by atoms with Gasteiger partial charge >= 0.3 is 0 Å². The first-order chi connectivity index (χ1) is 9.83. The molecule has 4 nitrogen and oxygen atoms in total. The van der Waals surface area contributed by atoms with Gasteiger partial charge in [-0.3, -0.25) is 0 Å². The van der Waals surface area contributed by atoms with Crippen molar-refractivity contribution in [3.8, 4) is 0 Å². The molecule has 0 saturated carbocycles. The predicted octanol–water partition coefficient (Wildman–Crippen LogP) is 3.70. The smallest absolute Gasteiger partial charge is 0.243 e. The van der Waals surface area contributed by atoms with E-state index in [1.165, 1.54) is 4.90 Å². The normalized spacial score (nSPS) is 10.8. The van der Waals surface area contributed by atoms with Gasteiger partial charge < -0.3 is 5.32 Å². The number of nitrogens with one attached hydrogen (secondary N) is 1. The van der Waals surface area contributed by atoms with Gasteiger partial charge in [-0.15, -0.1) is 16.9 Å². The molecule has 0 bridgehead atoms. The summed E-state index contributed by atoms with van der Waals surface area (Å²) in [6.07, 6.45) is 1.89. The van der Waals surface area contributed by atoms with Gasteiger partial charge in [0.15, 0.2) is 5.65 Å². The van der Waals surface area contributed by atoms with Crippen LogP contribution in [0, 0.1) is 0 Å². The average Bonchev–Trinajstić information content (AvgIpc) is 2.89. The lowest BCUT2D eigenvalue weighted by molar-refractivity contribution is 0.953. The Morgan fingerprint density at radius 3 is 2.80 bits per heavy atom. The van der Waals surface area contributed by atoms with Crippen molar-refractivity contribution >= 4 is 39.3 Å². The number of pyridine rings is 1. The molecule has 2 heterocycles. The number of rotatable bonds is 5. The second kappa shape index (κ2) is 6.28. The number of fused-ring (bicyclic) bond motifs is 1. The molecule has 0 amide bonds. The van der Waals surface area contributed by atoms with Gasteiger partial charge in [-0.25, -0.2) is 4.52 Å². The topological polar surface area (TPSA) is 42.2 Å². The van der Waals surface area contributed by atoms with Gasteiger partial charge in [-0.1, -0.05) is 18.2 Å². The van der Waals surface area contributed by atoms with Gasteiger partial charge in [0.1, 0.15) is 0 Å². The molecule has 0 aliphatic heterocycles. The van der Waals surface area contributed by atoms with Crippen molar-refractivity contribution in [1.82, 2.24) is 14.6 Å². The van der Waals surface area contributed by atoms with Crippen molar-refractivity contribution in [2.75, 3.05) is 17.6 Å². The number of hydrogen-bond donors (Lipinski definition) is 1. The Bertz CT molecular complexity index is 699. The number of aromatic nitrogens is 3. The van der Waals surface area contributed by atoms with Gasteiger partial charge in [0.2, 0.25) is 5.95 Å². The SMILES string of the molecule is Brc1cccn2nc(NCCSc3ccccc3)nc12. The highest BCUT2D eigenvalue weighted by Gasteiger charge is 2.05. The Hall–Kier alpha value is -1.53. The first-order valence-corrected chi connectivity index (χ1v) is 8.03. The zero-order valence-electron chi connectivity index (χ0n) is 10.7. The fourth-order valence-corrected chi connectivity index (χ4v) is 3.01. The van der Waals surface area contributed by atoms with E-state index in [-0.39, 0.29) is 0 Å². The Kier molecular flexibility index (Phi) is 4.22. The minimum absolute atomic E-state index is 0.658. The van der Waals surface area contributed by atoms with Crippen molar-refractivity contribution in [2.24, 2.45) is 0 Å². The molecule has 0 radical (unpaired) electrons. The van der Waals surface area contributed by atoms with E-state index in [1.807, 2.05) is 36.2 Å². The largest absolute Gasteiger partial charge is 0.352 e. The maximum atomic E-state index is 4.44. The molecular weight excluding hydrogens is 336 g/mol. The molecule has 6 heteroatoms. The lowest BCUT2D eigenvalue weighted by Gasteiger charge is -2.01. The van der Waals surface area contributed by atoms with Gasteiger partial charge in [-0.05, 0) is 40.2 Å². The van der Waals surface area contributed by atoms with Crippen LogP contribution in [0.2, 0.25) is 0 Å². The summed E-state index contributed by atoms with van der Waals surface area (Å²) < 4.78 is 2.70. The third-order valence-corrected chi connectivity index (χ3v) is 4.34. The van der Waals surface area contributed by atoms with E-state index in [0.717, 1.165) is 22.4 Å². The molecule has 20 heavy (non-hydrogen) atoms. The van der Waals surface area contributed by atoms with Crippen LogP contribution in [0.1, 0.15) is 0 Å². The molecule has 0 aliphatic carbocycles. The van der Waals surface area contributed by atoms with Crippen LogP contribution in [-0.2, 0) is 0 Å². The summed E-state index contributed by atoms with van der Waals surface area (Å²) >= 11 is 5.28. The Morgan fingerprint density at radius 2 is 2.00 bits per heavy atom. The summed E-state index contributed by atoms with van der Waals surface area (Å²) in [5.41, 5.74) is 0.825. The maximum Gasteiger partial charge on any atom is 0.243 e. The summed E-state index contributed by atoms with van der Waals surface area (Å²) in [6.45, 7) is 0.827. The molecule has 2 aromatic heterocycles. The lowest BCUT2D eigenvalue weighted by Crippen LogP contribution is -2.05. The lowest BCUT2D eigenvalue weighted by atomic mass is 10.4. The van der Waals surface area contributed by atoms with Gasteiger partial charge in [0.25, 0.3) is 0 Å². The first kappa shape index (κ1) is 13.5. The van der Waals surface area contributed by atoms with E-state index < -0.39 is 0 Å². The van der Waals surface area contributed by atoms with E-state index in [2.05, 4.69) is 55.6 Å². The quantitative estimate of drug-likeness (QED) is 0.563. The van der Waals surface area contributed by atoms with E-state index in [4.69, 9.17) is 0 Å². The summed E-state index contributed by atoms with van der Waals surface area (Å²) in [6, 6.07) is 14.3. The molecule has 3 rings (SSSR count). The molecule has 102 valence electrons. The highest BCUT2D eigenvalue weighted by Crippen LogP contribution is 2.18. The summed E-state index contributed by atoms with van der Waals surface area (Å²) in [7, 11) is 0. The predicted molar refractivity (Wildman–Crippen MR) is 86.3 cm³/mol. The molecule has 0 fully saturated rings. The van der Waals surface area contributed by atoms with Crippen LogP contribution in [-0.4, -0.2) is 26.9 Å². The second-order valence-electron chi connectivity index (χ2n) is 4.15. The summed E-state index contributed by atoms with van der Waals surface area (Å²) in [4.78, 5) is 5.72. The van der Waals surface area contributed by atoms with Crippen LogP contribution in [0.3, 0.4) is 0 Å². The molecule has 1 aromatic carbocycles. The standard InChI is InChI=1S/C14H13BrN4S/c15-12-7-4-9-19-13(12)17-14(18-19)16-8-10-20-11-5-2-1-3-6-11/h1-7,9H,8,10H2,(H,16,18). The number of nitrogens with zero attached hydrogens (tertiary/aromatic N) is 3. The van der Waals surface area contributed by atoms with Gasteiger partial charge in [0, 0.05) is 23.4 Å². The van der Waals surface area contributed by atoms with Crippen LogP contribution in [0.5, 0.6) is 0 Å². The monoisotopic (exact) mass is 348 g/mol. The fraction of sp³-hybridized carbons (Fsp3) is 0.143. The fourth-order valence-electron chi connectivity index (χ4n) is 1.80. The minimum atomic E-state index is 0.658. The van der Waals surface area contributed by atoms with E-state index >= 15 is 0 Å². The molecule has 0 aliphatic rings. The Labute approximate surface area is 129 Å². The zero-order chi connectivity index (χ0) is 13.8. The van der Waals surface area contributed by atoms with Crippen LogP contribution < -0.4 is 5.32 Å². The Morgan fingerprint density at radius 1 is 1.15 bits per heavy atom. The van der Waals surface area contributed by atoms with E-state index in [0.29, 0.717) is 5.95 Å². The van der Waals surface area contributed by atoms with Crippen molar-refractivity contribution in [2.45, 2.75) is 4.90 Å². The highest BCUT2D eigenvalue weighted by molar-refractivity contribution is 9.10. The first-order valence-electron chi connectivity index (χ1n) is 6.25. The molecule has 0 spiro atoms. The maximum absolute atomic E-state index is 4.44. The average molecular weight is 349 g/mol. The zero-order valence-corrected chi connectivity index (χ0v) is 13.1. The van der Waals surface area contributed by atoms with Gasteiger partial charge in [0.05, 0.1) is 4.47 Å². The number of thioether (sulfide) groups is 1. The molecule has 0 atom stereocenters. The van der Waals surface area contributed by atoms with E-state index in [1.54, 1.807) is 4.52 Å². The van der Waals surface area contributed by atoms with Crippen LogP contribution in [0.25, 0.3) is 5.65 Å². The molecule has 1 N–H and O–H groups in total. The van der Waals surface area contributed by atoms with Crippen molar-refractivity contribution < 1.29 is 0 Å². The Balaban J connectivity index is 1.56. The minimum Gasteiger partial charge on any atom is -0.352 e. The third-order valence-electron chi connectivity index (χ3n) is 2.71. The van der Waals surface area contributed by atoms with Crippen molar-refractivity contribution in [1.29, 1.82) is 0 Å². The molecule has 0 unspecified atom stereocenters. The molecular formula is C14H13BrN4S. The molecule has 3 aromatic rings. The second-order valence-corrected chi connectivity index (χ2v) is 6.17. The van der Waals surface area contributed by atoms with Crippen LogP contribution in [0.15, 0.2) is 58.0 Å². The van der Waals surface area contributed by atoms with E-state index in [9.17, 15) is 0 Å². The van der Waals surface area contributed by atoms with Crippen molar-refractivity contribution in [3.05, 3.63) is 53.1 Å². The summed E-state index contributed by atoms with van der Waals surface area (Å²) in [5.74, 6) is 1.63. The number of hydrogen-bond acceptors (Lipinski definition) is 4. The number of halogens is 1. The van der Waals surface area contributed by atoms with Crippen LogP contribution in [0.4, 0.5) is 5.95 Å². The number of anilines is 1. The van der Waals surface area contributed by atoms with Crippen molar-refractivity contribution in [3.63, 3.8) is 0 Å². The van der Waals surface area contributed by atoms with Gasteiger partial charge in [-0.2, -0.15) is 4.98 Å². The highest BCUT2D eigenvalue weighted by atomic mass is 79.9. The van der Waals surface area contributed by atoms with Crippen LogP contribution >= 0.6 is 27.7 Å².